The molecule has 2 N–H and O–H groups in total. The molecule has 0 saturated carbocycles. The van der Waals surface area contributed by atoms with Crippen molar-refractivity contribution in [3.63, 3.8) is 0 Å². The van der Waals surface area contributed by atoms with Crippen molar-refractivity contribution in [2.75, 3.05) is 0 Å². The second kappa shape index (κ2) is 4.19. The van der Waals surface area contributed by atoms with E-state index in [4.69, 9.17) is 5.73 Å². The molecule has 3 heteroatoms. The summed E-state index contributed by atoms with van der Waals surface area (Å²) in [6.45, 7) is 0.347. The van der Waals surface area contributed by atoms with E-state index in [2.05, 4.69) is 4.98 Å². The molecular formula is C12H11FN2. The lowest BCUT2D eigenvalue weighted by Gasteiger charge is -2.03. The molecule has 1 aromatic heterocycles. The fourth-order valence-electron chi connectivity index (χ4n) is 1.42. The molecule has 1 aromatic carbocycles. The number of hydrogen-bond donors (Lipinski definition) is 1. The number of pyridine rings is 1. The minimum Gasteiger partial charge on any atom is -0.326 e. The molecule has 0 aliphatic rings. The largest absolute Gasteiger partial charge is 0.326 e. The average Bonchev–Trinajstić information content (AvgIpc) is 2.30. The van der Waals surface area contributed by atoms with Gasteiger partial charge in [-0.3, -0.25) is 4.98 Å². The number of aromatic nitrogens is 1. The third-order valence-electron chi connectivity index (χ3n) is 2.21. The Bertz CT molecular complexity index is 454. The van der Waals surface area contributed by atoms with Crippen LogP contribution in [0.2, 0.25) is 0 Å². The number of nitrogens with two attached hydrogens (primary N) is 1. The molecule has 0 fully saturated rings. The maximum atomic E-state index is 13.6. The molecule has 0 bridgehead atoms. The molecule has 2 nitrogen and oxygen atoms in total. The van der Waals surface area contributed by atoms with E-state index < -0.39 is 0 Å². The minimum absolute atomic E-state index is 0.281. The van der Waals surface area contributed by atoms with Crippen molar-refractivity contribution in [2.24, 2.45) is 5.73 Å². The number of rotatable bonds is 2. The van der Waals surface area contributed by atoms with Crippen LogP contribution in [-0.2, 0) is 6.54 Å². The van der Waals surface area contributed by atoms with E-state index in [0.717, 1.165) is 5.56 Å². The zero-order chi connectivity index (χ0) is 10.7. The van der Waals surface area contributed by atoms with Crippen molar-refractivity contribution < 1.29 is 4.39 Å². The molecule has 2 aromatic rings. The molecule has 0 atom stereocenters. The first-order valence-electron chi connectivity index (χ1n) is 4.71. The van der Waals surface area contributed by atoms with E-state index >= 15 is 0 Å². The Morgan fingerprint density at radius 1 is 1.20 bits per heavy atom. The minimum atomic E-state index is -0.281. The zero-order valence-electron chi connectivity index (χ0n) is 8.15. The van der Waals surface area contributed by atoms with Crippen molar-refractivity contribution in [3.05, 3.63) is 54.0 Å². The third-order valence-corrected chi connectivity index (χ3v) is 2.21. The van der Waals surface area contributed by atoms with Gasteiger partial charge < -0.3 is 5.73 Å². The van der Waals surface area contributed by atoms with E-state index in [1.54, 1.807) is 24.4 Å². The lowest BCUT2D eigenvalue weighted by atomic mass is 10.1. The van der Waals surface area contributed by atoms with Crippen LogP contribution in [0.3, 0.4) is 0 Å². The van der Waals surface area contributed by atoms with Gasteiger partial charge in [-0.1, -0.05) is 12.1 Å². The van der Waals surface area contributed by atoms with E-state index in [9.17, 15) is 4.39 Å². The number of halogens is 1. The molecule has 15 heavy (non-hydrogen) atoms. The van der Waals surface area contributed by atoms with E-state index in [0.29, 0.717) is 17.8 Å². The fraction of sp³-hybridized carbons (Fsp3) is 0.0833. The molecule has 0 radical (unpaired) electrons. The van der Waals surface area contributed by atoms with Gasteiger partial charge in [-0.2, -0.15) is 0 Å². The molecule has 2 rings (SSSR count). The SMILES string of the molecule is NCc1ccc(-c2ccccn2)c(F)c1. The third kappa shape index (κ3) is 2.02. The van der Waals surface area contributed by atoms with E-state index in [1.165, 1.54) is 6.07 Å². The normalized spacial score (nSPS) is 10.3. The first-order valence-corrected chi connectivity index (χ1v) is 4.71. The van der Waals surface area contributed by atoms with Crippen molar-refractivity contribution >= 4 is 0 Å². The second-order valence-corrected chi connectivity index (χ2v) is 3.23. The van der Waals surface area contributed by atoms with Crippen LogP contribution < -0.4 is 5.73 Å². The lowest BCUT2D eigenvalue weighted by Crippen LogP contribution is -1.97. The van der Waals surface area contributed by atoms with Crippen molar-refractivity contribution in [3.8, 4) is 11.3 Å². The highest BCUT2D eigenvalue weighted by atomic mass is 19.1. The van der Waals surface area contributed by atoms with Crippen LogP contribution in [0, 0.1) is 5.82 Å². The Morgan fingerprint density at radius 2 is 2.07 bits per heavy atom. The van der Waals surface area contributed by atoms with Crippen LogP contribution in [0.4, 0.5) is 4.39 Å². The summed E-state index contributed by atoms with van der Waals surface area (Å²) in [5, 5.41) is 0. The molecular weight excluding hydrogens is 191 g/mol. The van der Waals surface area contributed by atoms with Gasteiger partial charge in [0.15, 0.2) is 0 Å². The van der Waals surface area contributed by atoms with Crippen LogP contribution in [-0.4, -0.2) is 4.98 Å². The van der Waals surface area contributed by atoms with Gasteiger partial charge in [0.2, 0.25) is 0 Å². The van der Waals surface area contributed by atoms with Crippen molar-refractivity contribution in [1.29, 1.82) is 0 Å². The lowest BCUT2D eigenvalue weighted by molar-refractivity contribution is 0.628. The van der Waals surface area contributed by atoms with Gasteiger partial charge in [0.25, 0.3) is 0 Å². The molecule has 0 aliphatic heterocycles. The molecule has 0 aliphatic carbocycles. The van der Waals surface area contributed by atoms with Gasteiger partial charge in [0.05, 0.1) is 5.69 Å². The van der Waals surface area contributed by atoms with Gasteiger partial charge >= 0.3 is 0 Å². The van der Waals surface area contributed by atoms with Crippen LogP contribution in [0.5, 0.6) is 0 Å². The van der Waals surface area contributed by atoms with Crippen LogP contribution >= 0.6 is 0 Å². The first-order chi connectivity index (χ1) is 7.31. The summed E-state index contributed by atoms with van der Waals surface area (Å²) in [4.78, 5) is 4.09. The summed E-state index contributed by atoms with van der Waals surface area (Å²) in [6.07, 6.45) is 1.64. The zero-order valence-corrected chi connectivity index (χ0v) is 8.15. The van der Waals surface area contributed by atoms with Gasteiger partial charge in [-0.05, 0) is 29.8 Å². The summed E-state index contributed by atoms with van der Waals surface area (Å²) in [5.74, 6) is -0.281. The smallest absolute Gasteiger partial charge is 0.132 e. The predicted octanol–water partition coefficient (Wildman–Crippen LogP) is 2.35. The molecule has 0 amide bonds. The van der Waals surface area contributed by atoms with E-state index in [1.807, 2.05) is 12.1 Å². The fourth-order valence-corrected chi connectivity index (χ4v) is 1.42. The Kier molecular flexibility index (Phi) is 2.74. The second-order valence-electron chi connectivity index (χ2n) is 3.23. The Balaban J connectivity index is 2.46. The maximum Gasteiger partial charge on any atom is 0.132 e. The molecule has 0 unspecified atom stereocenters. The standard InChI is InChI=1S/C12H11FN2/c13-11-7-9(8-14)4-5-10(11)12-3-1-2-6-15-12/h1-7H,8,14H2. The number of nitrogens with zero attached hydrogens (tertiary/aromatic N) is 1. The predicted molar refractivity (Wildman–Crippen MR) is 57.5 cm³/mol. The maximum absolute atomic E-state index is 13.6. The van der Waals surface area contributed by atoms with Crippen molar-refractivity contribution in [1.82, 2.24) is 4.98 Å². The Morgan fingerprint density at radius 3 is 2.67 bits per heavy atom. The van der Waals surface area contributed by atoms with Gasteiger partial charge in [0, 0.05) is 18.3 Å². The summed E-state index contributed by atoms with van der Waals surface area (Å²) in [7, 11) is 0. The summed E-state index contributed by atoms with van der Waals surface area (Å²) >= 11 is 0. The average molecular weight is 202 g/mol. The van der Waals surface area contributed by atoms with Crippen molar-refractivity contribution in [2.45, 2.75) is 6.54 Å². The topological polar surface area (TPSA) is 38.9 Å². The number of benzene rings is 1. The molecule has 0 saturated heterocycles. The highest BCUT2D eigenvalue weighted by molar-refractivity contribution is 5.60. The first kappa shape index (κ1) is 9.80. The quantitative estimate of drug-likeness (QED) is 0.811. The van der Waals surface area contributed by atoms with Crippen LogP contribution in [0.15, 0.2) is 42.6 Å². The summed E-state index contributed by atoms with van der Waals surface area (Å²) in [5.41, 5.74) is 7.35. The molecule has 0 spiro atoms. The van der Waals surface area contributed by atoms with Gasteiger partial charge in [0.1, 0.15) is 5.82 Å². The Hall–Kier alpha value is -1.74. The Labute approximate surface area is 87.6 Å². The summed E-state index contributed by atoms with van der Waals surface area (Å²) < 4.78 is 13.6. The molecule has 1 heterocycles. The monoisotopic (exact) mass is 202 g/mol. The highest BCUT2D eigenvalue weighted by Gasteiger charge is 2.05. The number of hydrogen-bond acceptors (Lipinski definition) is 2. The summed E-state index contributed by atoms with van der Waals surface area (Å²) in [6, 6.07) is 10.4. The van der Waals surface area contributed by atoms with Crippen LogP contribution in [0.1, 0.15) is 5.56 Å². The molecule has 76 valence electrons. The van der Waals surface area contributed by atoms with E-state index in [-0.39, 0.29) is 5.82 Å². The van der Waals surface area contributed by atoms with Gasteiger partial charge in [-0.15, -0.1) is 0 Å². The highest BCUT2D eigenvalue weighted by Crippen LogP contribution is 2.21. The van der Waals surface area contributed by atoms with Crippen LogP contribution in [0.25, 0.3) is 11.3 Å². The van der Waals surface area contributed by atoms with Gasteiger partial charge in [-0.25, -0.2) is 4.39 Å².